The van der Waals surface area contributed by atoms with Crippen LogP contribution in [0.3, 0.4) is 0 Å². The van der Waals surface area contributed by atoms with Crippen molar-refractivity contribution < 1.29 is 0 Å². The third kappa shape index (κ3) is 6.02. The Balaban J connectivity index is 1.53. The lowest BCUT2D eigenvalue weighted by atomic mass is 10.1. The van der Waals surface area contributed by atoms with Gasteiger partial charge in [-0.25, -0.2) is 19.9 Å². The topological polar surface area (TPSA) is 94.5 Å². The predicted molar refractivity (Wildman–Crippen MR) is 141 cm³/mol. The number of anilines is 3. The second-order valence-corrected chi connectivity index (χ2v) is 8.67. The molecule has 3 aromatic rings. The van der Waals surface area contributed by atoms with Gasteiger partial charge in [0, 0.05) is 55.6 Å². The van der Waals surface area contributed by atoms with E-state index < -0.39 is 0 Å². The zero-order valence-electron chi connectivity index (χ0n) is 19.9. The van der Waals surface area contributed by atoms with Gasteiger partial charge in [-0.3, -0.25) is 5.32 Å². The van der Waals surface area contributed by atoms with Gasteiger partial charge in [-0.1, -0.05) is 6.07 Å². The number of hydrogen-bond acceptors (Lipinski definition) is 6. The standard InChI is InChI=1S/C24H29N9S/c1-16-6-7-20(14-17(16)2)29-24(34)31-23(30-21-27-18(3)15-19(4)28-21)33-12-10-32(11-13-33)22-25-8-5-9-26-22/h5-9,14-15H,10-13H2,1-4H3,(H2,27,28,29,30,31,34). The number of aromatic nitrogens is 4. The van der Waals surface area contributed by atoms with E-state index in [2.05, 4.69) is 66.3 Å². The molecule has 0 bridgehead atoms. The highest BCUT2D eigenvalue weighted by Crippen LogP contribution is 2.15. The summed E-state index contributed by atoms with van der Waals surface area (Å²) in [5, 5.41) is 6.89. The first-order valence-electron chi connectivity index (χ1n) is 11.2. The molecule has 0 amide bonds. The first-order chi connectivity index (χ1) is 16.4. The van der Waals surface area contributed by atoms with Crippen molar-refractivity contribution in [3.8, 4) is 0 Å². The molecule has 1 aromatic carbocycles. The Morgan fingerprint density at radius 1 is 0.882 bits per heavy atom. The molecule has 34 heavy (non-hydrogen) atoms. The SMILES string of the molecule is Cc1cc(C)nc(N/C(=N/C(=S)Nc2ccc(C)c(C)c2)N2CCN(c3ncccn3)CC2)n1. The number of benzene rings is 1. The fraction of sp³-hybridized carbons (Fsp3) is 0.333. The zero-order valence-corrected chi connectivity index (χ0v) is 20.7. The van der Waals surface area contributed by atoms with Crippen LogP contribution < -0.4 is 15.5 Å². The van der Waals surface area contributed by atoms with E-state index in [0.717, 1.165) is 49.2 Å². The van der Waals surface area contributed by atoms with Crippen LogP contribution in [0.25, 0.3) is 0 Å². The van der Waals surface area contributed by atoms with Gasteiger partial charge in [-0.2, -0.15) is 4.99 Å². The second-order valence-electron chi connectivity index (χ2n) is 8.29. The van der Waals surface area contributed by atoms with Gasteiger partial charge in [0.05, 0.1) is 0 Å². The summed E-state index contributed by atoms with van der Waals surface area (Å²) in [6.45, 7) is 11.0. The van der Waals surface area contributed by atoms with Crippen LogP contribution in [-0.4, -0.2) is 62.1 Å². The van der Waals surface area contributed by atoms with Crippen LogP contribution in [0.1, 0.15) is 22.5 Å². The molecule has 1 aliphatic rings. The first-order valence-corrected chi connectivity index (χ1v) is 11.6. The molecule has 9 nitrogen and oxygen atoms in total. The van der Waals surface area contributed by atoms with Crippen molar-refractivity contribution >= 4 is 40.9 Å². The van der Waals surface area contributed by atoms with E-state index in [4.69, 9.17) is 17.2 Å². The van der Waals surface area contributed by atoms with Gasteiger partial charge in [0.1, 0.15) is 0 Å². The van der Waals surface area contributed by atoms with Crippen molar-refractivity contribution in [1.82, 2.24) is 24.8 Å². The van der Waals surface area contributed by atoms with Gasteiger partial charge < -0.3 is 15.1 Å². The predicted octanol–water partition coefficient (Wildman–Crippen LogP) is 3.49. The van der Waals surface area contributed by atoms with E-state index in [0.29, 0.717) is 17.0 Å². The molecule has 1 saturated heterocycles. The van der Waals surface area contributed by atoms with Crippen LogP contribution in [0.5, 0.6) is 0 Å². The lowest BCUT2D eigenvalue weighted by Gasteiger charge is -2.36. The van der Waals surface area contributed by atoms with Gasteiger partial charge in [0.25, 0.3) is 0 Å². The molecule has 1 aliphatic heterocycles. The molecule has 0 unspecified atom stereocenters. The number of rotatable bonds is 3. The van der Waals surface area contributed by atoms with Crippen molar-refractivity contribution in [3.63, 3.8) is 0 Å². The number of piperazine rings is 1. The number of guanidine groups is 1. The van der Waals surface area contributed by atoms with Crippen molar-refractivity contribution in [2.24, 2.45) is 4.99 Å². The smallest absolute Gasteiger partial charge is 0.229 e. The van der Waals surface area contributed by atoms with Gasteiger partial charge in [0.15, 0.2) is 0 Å². The van der Waals surface area contributed by atoms with E-state index >= 15 is 0 Å². The number of aliphatic imine (C=N–C) groups is 1. The van der Waals surface area contributed by atoms with E-state index in [9.17, 15) is 0 Å². The van der Waals surface area contributed by atoms with Crippen molar-refractivity contribution in [3.05, 3.63) is 65.2 Å². The molecule has 2 aromatic heterocycles. The minimum Gasteiger partial charge on any atom is -0.339 e. The second kappa shape index (κ2) is 10.5. The maximum absolute atomic E-state index is 5.59. The third-order valence-electron chi connectivity index (χ3n) is 5.59. The Morgan fingerprint density at radius 2 is 1.56 bits per heavy atom. The van der Waals surface area contributed by atoms with Gasteiger partial charge in [-0.05, 0) is 75.3 Å². The van der Waals surface area contributed by atoms with Crippen LogP contribution in [-0.2, 0) is 0 Å². The van der Waals surface area contributed by atoms with Crippen LogP contribution in [0, 0.1) is 27.7 Å². The monoisotopic (exact) mass is 475 g/mol. The largest absolute Gasteiger partial charge is 0.339 e. The summed E-state index contributed by atoms with van der Waals surface area (Å²) < 4.78 is 0. The van der Waals surface area contributed by atoms with Crippen LogP contribution in [0.15, 0.2) is 47.7 Å². The van der Waals surface area contributed by atoms with Crippen LogP contribution >= 0.6 is 12.2 Å². The maximum Gasteiger partial charge on any atom is 0.229 e. The number of aryl methyl sites for hydroxylation is 4. The van der Waals surface area contributed by atoms with E-state index in [1.165, 1.54) is 11.1 Å². The molecule has 0 spiro atoms. The molecule has 2 N–H and O–H groups in total. The molecule has 176 valence electrons. The number of hydrogen-bond donors (Lipinski definition) is 2. The highest BCUT2D eigenvalue weighted by Gasteiger charge is 2.22. The molecule has 4 rings (SSSR count). The van der Waals surface area contributed by atoms with Crippen LogP contribution in [0.2, 0.25) is 0 Å². The Labute approximate surface area is 205 Å². The molecule has 3 heterocycles. The zero-order chi connectivity index (χ0) is 24.1. The Bertz CT molecular complexity index is 1170. The average Bonchev–Trinajstić information content (AvgIpc) is 2.81. The fourth-order valence-corrected chi connectivity index (χ4v) is 3.90. The summed E-state index contributed by atoms with van der Waals surface area (Å²) in [5.74, 6) is 1.84. The highest BCUT2D eigenvalue weighted by molar-refractivity contribution is 7.80. The summed E-state index contributed by atoms with van der Waals surface area (Å²) >= 11 is 5.59. The highest BCUT2D eigenvalue weighted by atomic mass is 32.1. The van der Waals surface area contributed by atoms with Crippen molar-refractivity contribution in [2.75, 3.05) is 41.7 Å². The summed E-state index contributed by atoms with van der Waals surface area (Å²) in [5.41, 5.74) is 5.10. The average molecular weight is 476 g/mol. The van der Waals surface area contributed by atoms with Crippen molar-refractivity contribution in [1.29, 1.82) is 0 Å². The minimum absolute atomic E-state index is 0.365. The molecular formula is C24H29N9S. The van der Waals surface area contributed by atoms with E-state index in [1.807, 2.05) is 32.0 Å². The summed E-state index contributed by atoms with van der Waals surface area (Å²) in [4.78, 5) is 26.8. The molecule has 0 aliphatic carbocycles. The van der Waals surface area contributed by atoms with Crippen molar-refractivity contribution in [2.45, 2.75) is 27.7 Å². The summed E-state index contributed by atoms with van der Waals surface area (Å²) in [7, 11) is 0. The molecule has 0 radical (unpaired) electrons. The maximum atomic E-state index is 5.59. The molecule has 1 fully saturated rings. The minimum atomic E-state index is 0.365. The quantitative estimate of drug-likeness (QED) is 0.335. The molecule has 0 atom stereocenters. The number of nitrogens with one attached hydrogen (secondary N) is 2. The Kier molecular flexibility index (Phi) is 7.27. The number of thiocarbonyl (C=S) groups is 1. The lowest BCUT2D eigenvalue weighted by molar-refractivity contribution is 0.382. The Hall–Kier alpha value is -3.66. The van der Waals surface area contributed by atoms with Crippen LogP contribution in [0.4, 0.5) is 17.6 Å². The van der Waals surface area contributed by atoms with Gasteiger partial charge >= 0.3 is 0 Å². The van der Waals surface area contributed by atoms with Gasteiger partial charge in [-0.15, -0.1) is 0 Å². The first kappa shape index (κ1) is 23.5. The number of nitrogens with zero attached hydrogens (tertiary/aromatic N) is 7. The lowest BCUT2D eigenvalue weighted by Crippen LogP contribution is -2.51. The fourth-order valence-electron chi connectivity index (χ4n) is 3.70. The van der Waals surface area contributed by atoms with Gasteiger partial charge in [0.2, 0.25) is 23.0 Å². The summed E-state index contributed by atoms with van der Waals surface area (Å²) in [6, 6.07) is 9.89. The normalized spacial score (nSPS) is 14.2. The third-order valence-corrected chi connectivity index (χ3v) is 5.78. The molecular weight excluding hydrogens is 446 g/mol. The Morgan fingerprint density at radius 3 is 2.21 bits per heavy atom. The van der Waals surface area contributed by atoms with E-state index in [-0.39, 0.29) is 0 Å². The molecule has 10 heteroatoms. The molecule has 0 saturated carbocycles. The van der Waals surface area contributed by atoms with E-state index in [1.54, 1.807) is 12.4 Å². The summed E-state index contributed by atoms with van der Waals surface area (Å²) in [6.07, 6.45) is 3.52.